The van der Waals surface area contributed by atoms with Gasteiger partial charge in [-0.1, -0.05) is 69.6 Å². The predicted molar refractivity (Wildman–Crippen MR) is 110 cm³/mol. The van der Waals surface area contributed by atoms with Crippen LogP contribution in [0.4, 0.5) is 5.69 Å². The molecule has 0 aromatic heterocycles. The number of hydrogen-bond acceptors (Lipinski definition) is 4. The van der Waals surface area contributed by atoms with E-state index >= 15 is 0 Å². The van der Waals surface area contributed by atoms with E-state index in [4.69, 9.17) is 83.8 Å². The van der Waals surface area contributed by atoms with Crippen molar-refractivity contribution in [3.05, 3.63) is 42.3 Å². The molecule has 27 heavy (non-hydrogen) atoms. The van der Waals surface area contributed by atoms with Gasteiger partial charge in [0.1, 0.15) is 21.5 Å². The summed E-state index contributed by atoms with van der Waals surface area (Å²) in [6.45, 7) is -0.443. The van der Waals surface area contributed by atoms with Crippen molar-refractivity contribution in [2.75, 3.05) is 26.1 Å². The summed E-state index contributed by atoms with van der Waals surface area (Å²) < 4.78 is 15.7. The van der Waals surface area contributed by atoms with E-state index in [1.807, 2.05) is 0 Å². The maximum Gasteiger partial charge on any atom is 0.262 e. The number of carbonyl (C=O) groups is 1. The number of anilines is 1. The van der Waals surface area contributed by atoms with E-state index in [-0.39, 0.29) is 30.9 Å². The van der Waals surface area contributed by atoms with Gasteiger partial charge in [0.2, 0.25) is 0 Å². The summed E-state index contributed by atoms with van der Waals surface area (Å²) in [4.78, 5) is 12.3. The molecule has 11 heteroatoms. The van der Waals surface area contributed by atoms with Crippen LogP contribution in [0.5, 0.6) is 17.2 Å². The topological polar surface area (TPSA) is 56.8 Å². The fraction of sp³-hybridized carbons (Fsp3) is 0.188. The maximum absolute atomic E-state index is 12.3. The molecule has 0 bridgehead atoms. The Kier molecular flexibility index (Phi) is 7.86. The Bertz CT molecular complexity index is 861. The number of rotatable bonds is 6. The first-order chi connectivity index (χ1) is 12.7. The Labute approximate surface area is 185 Å². The number of ether oxygens (including phenoxy) is 3. The number of hydrogen-bond donors (Lipinski definition) is 1. The molecule has 5 nitrogen and oxygen atoms in total. The lowest BCUT2D eigenvalue weighted by molar-refractivity contribution is -0.118. The van der Waals surface area contributed by atoms with E-state index in [9.17, 15) is 4.79 Å². The predicted octanol–water partition coefficient (Wildman–Crippen LogP) is 6.64. The molecule has 2 rings (SSSR count). The van der Waals surface area contributed by atoms with Crippen molar-refractivity contribution < 1.29 is 19.0 Å². The van der Waals surface area contributed by atoms with E-state index in [2.05, 4.69) is 5.32 Å². The standard InChI is InChI=1S/C16H11Cl6NO4/c1-25-8-4-7(9(26-2)3-6(8)17)23-10(24)5-27-16-14(21)12(19)11(18)13(20)15(16)22/h3-4H,5H2,1-2H3,(H,23,24). The average Bonchev–Trinajstić information content (AvgIpc) is 2.65. The number of amides is 1. The molecular formula is C16H11Cl6NO4. The second-order valence-corrected chi connectivity index (χ2v) is 7.22. The zero-order chi connectivity index (χ0) is 20.3. The van der Waals surface area contributed by atoms with Gasteiger partial charge >= 0.3 is 0 Å². The summed E-state index contributed by atoms with van der Waals surface area (Å²) in [5.41, 5.74) is 0.330. The fourth-order valence-electron chi connectivity index (χ4n) is 1.99. The molecule has 0 saturated carbocycles. The molecule has 0 saturated heterocycles. The maximum atomic E-state index is 12.3. The van der Waals surface area contributed by atoms with Gasteiger partial charge < -0.3 is 19.5 Å². The third kappa shape index (κ3) is 4.91. The van der Waals surface area contributed by atoms with Crippen molar-refractivity contribution in [2.24, 2.45) is 0 Å². The monoisotopic (exact) mass is 491 g/mol. The SMILES string of the molecule is COc1cc(NC(=O)COc2c(Cl)c(Cl)c(Cl)c(Cl)c2Cl)c(OC)cc1Cl. The average molecular weight is 494 g/mol. The highest BCUT2D eigenvalue weighted by molar-refractivity contribution is 6.55. The zero-order valence-electron chi connectivity index (χ0n) is 13.8. The zero-order valence-corrected chi connectivity index (χ0v) is 18.3. The third-order valence-corrected chi connectivity index (χ3v) is 5.80. The number of carbonyl (C=O) groups excluding carboxylic acids is 1. The highest BCUT2D eigenvalue weighted by Crippen LogP contribution is 2.48. The quantitative estimate of drug-likeness (QED) is 0.362. The minimum Gasteiger partial charge on any atom is -0.495 e. The van der Waals surface area contributed by atoms with E-state index < -0.39 is 12.5 Å². The first-order valence-electron chi connectivity index (χ1n) is 7.06. The summed E-state index contributed by atoms with van der Waals surface area (Å²) in [6, 6.07) is 3.01. The van der Waals surface area contributed by atoms with Crippen LogP contribution in [0.25, 0.3) is 0 Å². The van der Waals surface area contributed by atoms with Crippen LogP contribution >= 0.6 is 69.6 Å². The van der Waals surface area contributed by atoms with Crippen LogP contribution in [-0.2, 0) is 4.79 Å². The second kappa shape index (κ2) is 9.50. The van der Waals surface area contributed by atoms with Gasteiger partial charge in [0, 0.05) is 12.1 Å². The molecule has 0 aliphatic rings. The van der Waals surface area contributed by atoms with Crippen LogP contribution in [-0.4, -0.2) is 26.7 Å². The van der Waals surface area contributed by atoms with Crippen molar-refractivity contribution >= 4 is 81.2 Å². The molecular weight excluding hydrogens is 483 g/mol. The Morgan fingerprint density at radius 2 is 1.37 bits per heavy atom. The molecule has 1 amide bonds. The lowest BCUT2D eigenvalue weighted by Crippen LogP contribution is -2.21. The van der Waals surface area contributed by atoms with E-state index in [0.717, 1.165) is 0 Å². The van der Waals surface area contributed by atoms with Gasteiger partial charge in [-0.15, -0.1) is 0 Å². The van der Waals surface area contributed by atoms with Crippen LogP contribution in [0, 0.1) is 0 Å². The van der Waals surface area contributed by atoms with Gasteiger partial charge in [-0.05, 0) is 0 Å². The van der Waals surface area contributed by atoms with Crippen LogP contribution in [0.3, 0.4) is 0 Å². The van der Waals surface area contributed by atoms with Crippen LogP contribution < -0.4 is 19.5 Å². The molecule has 0 spiro atoms. The number of halogens is 6. The number of benzene rings is 2. The Balaban J connectivity index is 2.19. The first-order valence-corrected chi connectivity index (χ1v) is 9.33. The van der Waals surface area contributed by atoms with Crippen LogP contribution in [0.15, 0.2) is 12.1 Å². The molecule has 0 heterocycles. The highest BCUT2D eigenvalue weighted by atomic mass is 35.5. The molecule has 1 N–H and O–H groups in total. The largest absolute Gasteiger partial charge is 0.495 e. The van der Waals surface area contributed by atoms with Crippen molar-refractivity contribution in [1.82, 2.24) is 0 Å². The normalized spacial score (nSPS) is 10.5. The fourth-order valence-corrected chi connectivity index (χ4v) is 3.45. The summed E-state index contributed by atoms with van der Waals surface area (Å²) in [5.74, 6) is 0.0966. The van der Waals surface area contributed by atoms with Gasteiger partial charge in [0.15, 0.2) is 12.4 Å². The Morgan fingerprint density at radius 3 is 1.89 bits per heavy atom. The molecule has 146 valence electrons. The molecule has 0 aliphatic carbocycles. The van der Waals surface area contributed by atoms with Crippen molar-refractivity contribution in [2.45, 2.75) is 0 Å². The van der Waals surface area contributed by atoms with E-state index in [1.54, 1.807) is 0 Å². The van der Waals surface area contributed by atoms with E-state index in [0.29, 0.717) is 22.2 Å². The minimum atomic E-state index is -0.535. The minimum absolute atomic E-state index is 0.0110. The summed E-state index contributed by atoms with van der Waals surface area (Å²) in [6.07, 6.45) is 0. The Hall–Kier alpha value is -0.950. The van der Waals surface area contributed by atoms with Crippen LogP contribution in [0.2, 0.25) is 30.1 Å². The van der Waals surface area contributed by atoms with Gasteiger partial charge in [-0.3, -0.25) is 4.79 Å². The molecule has 0 aliphatic heterocycles. The summed E-state index contributed by atoms with van der Waals surface area (Å²) >= 11 is 36.0. The van der Waals surface area contributed by atoms with E-state index in [1.165, 1.54) is 26.4 Å². The molecule has 0 atom stereocenters. The van der Waals surface area contributed by atoms with Crippen molar-refractivity contribution in [3.63, 3.8) is 0 Å². The second-order valence-electron chi connectivity index (χ2n) is 4.92. The molecule has 2 aromatic carbocycles. The van der Waals surface area contributed by atoms with Gasteiger partial charge in [0.25, 0.3) is 5.91 Å². The number of nitrogens with one attached hydrogen (secondary N) is 1. The highest BCUT2D eigenvalue weighted by Gasteiger charge is 2.21. The van der Waals surface area contributed by atoms with Crippen LogP contribution in [0.1, 0.15) is 0 Å². The number of methoxy groups -OCH3 is 2. The molecule has 2 aromatic rings. The lowest BCUT2D eigenvalue weighted by atomic mass is 10.2. The molecule has 0 unspecified atom stereocenters. The third-order valence-electron chi connectivity index (χ3n) is 3.27. The lowest BCUT2D eigenvalue weighted by Gasteiger charge is -2.15. The Morgan fingerprint density at radius 1 is 0.852 bits per heavy atom. The molecule has 0 fully saturated rings. The smallest absolute Gasteiger partial charge is 0.262 e. The van der Waals surface area contributed by atoms with Crippen molar-refractivity contribution in [1.29, 1.82) is 0 Å². The summed E-state index contributed by atoms with van der Waals surface area (Å²) in [7, 11) is 2.88. The van der Waals surface area contributed by atoms with Gasteiger partial charge in [-0.25, -0.2) is 0 Å². The first kappa shape index (κ1) is 22.3. The van der Waals surface area contributed by atoms with Gasteiger partial charge in [0.05, 0.1) is 40.0 Å². The molecule has 0 radical (unpaired) electrons. The van der Waals surface area contributed by atoms with Crippen molar-refractivity contribution in [3.8, 4) is 17.2 Å². The summed E-state index contributed by atoms with van der Waals surface area (Å²) in [5, 5.41) is 2.73. The van der Waals surface area contributed by atoms with Gasteiger partial charge in [-0.2, -0.15) is 0 Å².